The van der Waals surface area contributed by atoms with E-state index in [2.05, 4.69) is 5.32 Å². The molecule has 2 rings (SSSR count). The molecule has 0 unspecified atom stereocenters. The lowest BCUT2D eigenvalue weighted by molar-refractivity contribution is -0.137. The normalized spacial score (nSPS) is 12.4. The van der Waals surface area contributed by atoms with E-state index in [0.29, 0.717) is 5.56 Å². The number of carbonyl (C=O) groups is 2. The summed E-state index contributed by atoms with van der Waals surface area (Å²) in [5, 5.41) is 2.24. The van der Waals surface area contributed by atoms with Gasteiger partial charge >= 0.3 is 12.1 Å². The molecular weight excluding hydrogens is 354 g/mol. The first kappa shape index (κ1) is 19.4. The van der Waals surface area contributed by atoms with Crippen LogP contribution in [0.2, 0.25) is 0 Å². The average Bonchev–Trinajstić information content (AvgIpc) is 2.56. The molecule has 138 valence electrons. The Bertz CT molecular complexity index is 833. The number of anilines is 1. The van der Waals surface area contributed by atoms with Crippen LogP contribution in [-0.2, 0) is 15.7 Å². The van der Waals surface area contributed by atoms with Crippen molar-refractivity contribution in [1.29, 1.82) is 0 Å². The van der Waals surface area contributed by atoms with E-state index in [1.165, 1.54) is 32.0 Å². The molecule has 1 atom stereocenters. The van der Waals surface area contributed by atoms with E-state index in [9.17, 15) is 27.2 Å². The first-order valence-electron chi connectivity index (χ1n) is 7.53. The van der Waals surface area contributed by atoms with Crippen molar-refractivity contribution in [3.05, 3.63) is 65.0 Å². The molecule has 2 aromatic rings. The van der Waals surface area contributed by atoms with Crippen LogP contribution in [-0.4, -0.2) is 18.0 Å². The van der Waals surface area contributed by atoms with Gasteiger partial charge in [-0.25, -0.2) is 9.18 Å². The molecule has 4 nitrogen and oxygen atoms in total. The molecular formula is C18H15F4NO3. The monoisotopic (exact) mass is 369 g/mol. The average molecular weight is 369 g/mol. The summed E-state index contributed by atoms with van der Waals surface area (Å²) >= 11 is 0. The second-order valence-electron chi connectivity index (χ2n) is 5.58. The number of hydrogen-bond donors (Lipinski definition) is 1. The molecule has 8 heteroatoms. The van der Waals surface area contributed by atoms with Crippen molar-refractivity contribution < 1.29 is 31.9 Å². The summed E-state index contributed by atoms with van der Waals surface area (Å²) < 4.78 is 56.4. The zero-order chi connectivity index (χ0) is 19.5. The van der Waals surface area contributed by atoms with Crippen LogP contribution in [0.4, 0.5) is 23.2 Å². The van der Waals surface area contributed by atoms with Gasteiger partial charge in [-0.05, 0) is 49.7 Å². The third kappa shape index (κ3) is 4.81. The van der Waals surface area contributed by atoms with Gasteiger partial charge in [0.05, 0.1) is 11.1 Å². The van der Waals surface area contributed by atoms with Crippen LogP contribution in [0, 0.1) is 12.7 Å². The lowest BCUT2D eigenvalue weighted by atomic mass is 10.1. The van der Waals surface area contributed by atoms with Crippen LogP contribution >= 0.6 is 0 Å². The largest absolute Gasteiger partial charge is 0.449 e. The molecule has 0 saturated carbocycles. The van der Waals surface area contributed by atoms with E-state index >= 15 is 0 Å². The summed E-state index contributed by atoms with van der Waals surface area (Å²) in [4.78, 5) is 24.0. The molecule has 2 aromatic carbocycles. The van der Waals surface area contributed by atoms with E-state index in [0.717, 1.165) is 24.3 Å². The van der Waals surface area contributed by atoms with Gasteiger partial charge in [0.15, 0.2) is 6.10 Å². The van der Waals surface area contributed by atoms with Gasteiger partial charge in [0, 0.05) is 5.69 Å². The molecule has 1 amide bonds. The topological polar surface area (TPSA) is 55.4 Å². The number of halogens is 4. The smallest absolute Gasteiger partial charge is 0.416 e. The maximum absolute atomic E-state index is 13.5. The molecule has 0 aliphatic rings. The van der Waals surface area contributed by atoms with Gasteiger partial charge in [-0.2, -0.15) is 13.2 Å². The van der Waals surface area contributed by atoms with Crippen molar-refractivity contribution in [2.75, 3.05) is 5.32 Å². The zero-order valence-electron chi connectivity index (χ0n) is 13.9. The van der Waals surface area contributed by atoms with E-state index in [1.54, 1.807) is 0 Å². The Morgan fingerprint density at radius 1 is 1.12 bits per heavy atom. The Balaban J connectivity index is 2.03. The highest BCUT2D eigenvalue weighted by Crippen LogP contribution is 2.30. The number of aryl methyl sites for hydroxylation is 1. The Hall–Kier alpha value is -2.90. The quantitative estimate of drug-likeness (QED) is 0.644. The molecule has 0 fully saturated rings. The molecule has 0 aromatic heterocycles. The van der Waals surface area contributed by atoms with Crippen molar-refractivity contribution in [2.24, 2.45) is 0 Å². The molecule has 0 spiro atoms. The minimum absolute atomic E-state index is 0.0770. The number of ether oxygens (including phenoxy) is 1. The predicted molar refractivity (Wildman–Crippen MR) is 86.1 cm³/mol. The van der Waals surface area contributed by atoms with Gasteiger partial charge in [-0.3, -0.25) is 4.79 Å². The third-order valence-electron chi connectivity index (χ3n) is 3.52. The lowest BCUT2D eigenvalue weighted by Crippen LogP contribution is -2.30. The summed E-state index contributed by atoms with van der Waals surface area (Å²) in [5.74, 6) is -2.33. The predicted octanol–water partition coefficient (Wildman–Crippen LogP) is 4.34. The first-order valence-corrected chi connectivity index (χ1v) is 7.53. The van der Waals surface area contributed by atoms with Crippen molar-refractivity contribution in [1.82, 2.24) is 0 Å². The van der Waals surface area contributed by atoms with Gasteiger partial charge < -0.3 is 10.1 Å². The zero-order valence-corrected chi connectivity index (χ0v) is 13.9. The molecule has 0 radical (unpaired) electrons. The summed E-state index contributed by atoms with van der Waals surface area (Å²) in [6.45, 7) is 2.78. The Morgan fingerprint density at radius 3 is 2.42 bits per heavy atom. The minimum Gasteiger partial charge on any atom is -0.449 e. The van der Waals surface area contributed by atoms with Crippen LogP contribution < -0.4 is 5.32 Å². The van der Waals surface area contributed by atoms with Crippen LogP contribution in [0.15, 0.2) is 42.5 Å². The summed E-state index contributed by atoms with van der Waals surface area (Å²) in [6.07, 6.45) is -5.84. The maximum atomic E-state index is 13.5. The lowest BCUT2D eigenvalue weighted by Gasteiger charge is -2.15. The van der Waals surface area contributed by atoms with E-state index in [-0.39, 0.29) is 11.3 Å². The molecule has 0 heterocycles. The van der Waals surface area contributed by atoms with E-state index in [4.69, 9.17) is 4.74 Å². The molecule has 1 N–H and O–H groups in total. The van der Waals surface area contributed by atoms with Crippen molar-refractivity contribution >= 4 is 17.6 Å². The highest BCUT2D eigenvalue weighted by atomic mass is 19.4. The Kier molecular flexibility index (Phi) is 5.64. The van der Waals surface area contributed by atoms with Gasteiger partial charge in [0.1, 0.15) is 5.82 Å². The molecule has 0 aliphatic heterocycles. The number of esters is 1. The number of hydrogen-bond acceptors (Lipinski definition) is 3. The van der Waals surface area contributed by atoms with E-state index in [1.807, 2.05) is 0 Å². The van der Waals surface area contributed by atoms with Crippen LogP contribution in [0.1, 0.15) is 28.4 Å². The van der Waals surface area contributed by atoms with Gasteiger partial charge in [-0.1, -0.05) is 12.1 Å². The minimum atomic E-state index is -4.55. The van der Waals surface area contributed by atoms with Crippen molar-refractivity contribution in [3.63, 3.8) is 0 Å². The van der Waals surface area contributed by atoms with Crippen LogP contribution in [0.3, 0.4) is 0 Å². The maximum Gasteiger partial charge on any atom is 0.416 e. The highest BCUT2D eigenvalue weighted by molar-refractivity contribution is 5.97. The number of alkyl halides is 3. The second-order valence-corrected chi connectivity index (χ2v) is 5.58. The fourth-order valence-electron chi connectivity index (χ4n) is 2.02. The highest BCUT2D eigenvalue weighted by Gasteiger charge is 2.30. The van der Waals surface area contributed by atoms with Gasteiger partial charge in [-0.15, -0.1) is 0 Å². The van der Waals surface area contributed by atoms with Crippen LogP contribution in [0.5, 0.6) is 0 Å². The Morgan fingerprint density at radius 2 is 1.81 bits per heavy atom. The number of rotatable bonds is 4. The summed E-state index contributed by atoms with van der Waals surface area (Å²) in [5.41, 5.74) is -0.743. The number of nitrogens with one attached hydrogen (secondary N) is 1. The molecule has 0 bridgehead atoms. The fourth-order valence-corrected chi connectivity index (χ4v) is 2.02. The second kappa shape index (κ2) is 7.55. The SMILES string of the molecule is Cc1ccc(C(=O)O[C@H](C)C(=O)Nc2cccc(C(F)(F)F)c2)cc1F. The number of benzene rings is 2. The fraction of sp³-hybridized carbons (Fsp3) is 0.222. The Labute approximate surface area is 146 Å². The van der Waals surface area contributed by atoms with Crippen molar-refractivity contribution in [3.8, 4) is 0 Å². The number of amides is 1. The van der Waals surface area contributed by atoms with Crippen LogP contribution in [0.25, 0.3) is 0 Å². The van der Waals surface area contributed by atoms with Crippen molar-refractivity contribution in [2.45, 2.75) is 26.1 Å². The molecule has 0 aliphatic carbocycles. The summed E-state index contributed by atoms with van der Waals surface area (Å²) in [7, 11) is 0. The molecule has 0 saturated heterocycles. The van der Waals surface area contributed by atoms with Gasteiger partial charge in [0.25, 0.3) is 5.91 Å². The summed E-state index contributed by atoms with van der Waals surface area (Å²) in [6, 6.07) is 7.76. The first-order chi connectivity index (χ1) is 12.1. The molecule has 26 heavy (non-hydrogen) atoms. The number of carbonyl (C=O) groups excluding carboxylic acids is 2. The third-order valence-corrected chi connectivity index (χ3v) is 3.52. The van der Waals surface area contributed by atoms with E-state index < -0.39 is 35.5 Å². The standard InChI is InChI=1S/C18H15F4NO3/c1-10-6-7-12(8-15(10)19)17(25)26-11(2)16(24)23-14-5-3-4-13(9-14)18(20,21)22/h3-9,11H,1-2H3,(H,23,24)/t11-/m1/s1. The van der Waals surface area contributed by atoms with Gasteiger partial charge in [0.2, 0.25) is 0 Å².